The lowest BCUT2D eigenvalue weighted by atomic mass is 10.1. The zero-order chi connectivity index (χ0) is 18.8. The molecular weight excluding hydrogens is 394 g/mol. The molecule has 1 aliphatic rings. The van der Waals surface area contributed by atoms with Crippen molar-refractivity contribution in [1.29, 1.82) is 0 Å². The summed E-state index contributed by atoms with van der Waals surface area (Å²) in [6.07, 6.45) is 3.45. The molecule has 2 aromatic carbocycles. The Morgan fingerprint density at radius 1 is 1.22 bits per heavy atom. The van der Waals surface area contributed by atoms with Crippen molar-refractivity contribution in [2.45, 2.75) is 35.8 Å². The Kier molecular flexibility index (Phi) is 5.43. The van der Waals surface area contributed by atoms with Crippen LogP contribution in [0, 0.1) is 3.95 Å². The molecule has 0 unspecified atom stereocenters. The first kappa shape index (κ1) is 18.4. The van der Waals surface area contributed by atoms with Gasteiger partial charge in [0.15, 0.2) is 8.29 Å². The van der Waals surface area contributed by atoms with E-state index in [-0.39, 0.29) is 11.2 Å². The zero-order valence-corrected chi connectivity index (χ0v) is 17.3. The minimum Gasteiger partial charge on any atom is -0.325 e. The van der Waals surface area contributed by atoms with E-state index in [0.29, 0.717) is 3.95 Å². The number of aryl methyl sites for hydroxylation is 2. The minimum atomic E-state index is -0.261. The Bertz CT molecular complexity index is 1030. The molecule has 0 fully saturated rings. The number of nitrogens with zero attached hydrogens (tertiary/aromatic N) is 2. The molecule has 7 heteroatoms. The lowest BCUT2D eigenvalue weighted by Gasteiger charge is -2.11. The van der Waals surface area contributed by atoms with Crippen LogP contribution in [0.3, 0.4) is 0 Å². The highest BCUT2D eigenvalue weighted by atomic mass is 32.2. The molecule has 1 aliphatic carbocycles. The van der Waals surface area contributed by atoms with Gasteiger partial charge in [0.1, 0.15) is 0 Å². The number of fused-ring (bicyclic) bond motifs is 1. The molecule has 0 saturated carbocycles. The van der Waals surface area contributed by atoms with Crippen molar-refractivity contribution in [3.05, 3.63) is 63.6 Å². The first-order valence-corrected chi connectivity index (χ1v) is 11.0. The number of anilines is 1. The number of hydrogen-bond acceptors (Lipinski definition) is 5. The van der Waals surface area contributed by atoms with Gasteiger partial charge in [-0.25, -0.2) is 4.68 Å². The minimum absolute atomic E-state index is 0.0228. The van der Waals surface area contributed by atoms with Crippen LogP contribution in [-0.4, -0.2) is 20.9 Å². The summed E-state index contributed by atoms with van der Waals surface area (Å²) in [7, 11) is 0. The average Bonchev–Trinajstić information content (AvgIpc) is 3.28. The molecule has 4 rings (SSSR count). The number of nitrogens with one attached hydrogen (secondary N) is 1. The predicted octanol–water partition coefficient (Wildman–Crippen LogP) is 5.27. The molecule has 0 spiro atoms. The van der Waals surface area contributed by atoms with E-state index < -0.39 is 0 Å². The number of benzene rings is 2. The van der Waals surface area contributed by atoms with Crippen molar-refractivity contribution in [3.63, 3.8) is 0 Å². The number of hydrogen-bond donors (Lipinski definition) is 1. The number of carbonyl (C=O) groups is 1. The third kappa shape index (κ3) is 4.15. The van der Waals surface area contributed by atoms with Gasteiger partial charge in [-0.05, 0) is 73.8 Å². The summed E-state index contributed by atoms with van der Waals surface area (Å²) in [5, 5.41) is 7.34. The van der Waals surface area contributed by atoms with E-state index in [1.807, 2.05) is 43.3 Å². The first-order chi connectivity index (χ1) is 13.1. The summed E-state index contributed by atoms with van der Waals surface area (Å²) in [6, 6.07) is 16.0. The van der Waals surface area contributed by atoms with Crippen molar-refractivity contribution in [2.24, 2.45) is 0 Å². The highest BCUT2D eigenvalue weighted by molar-refractivity contribution is 8.02. The third-order valence-electron chi connectivity index (χ3n) is 4.54. The maximum Gasteiger partial charge on any atom is 0.237 e. The topological polar surface area (TPSA) is 46.9 Å². The Morgan fingerprint density at radius 2 is 2.00 bits per heavy atom. The van der Waals surface area contributed by atoms with Crippen molar-refractivity contribution in [1.82, 2.24) is 9.78 Å². The molecule has 4 nitrogen and oxygen atoms in total. The van der Waals surface area contributed by atoms with E-state index >= 15 is 0 Å². The lowest BCUT2D eigenvalue weighted by molar-refractivity contribution is -0.115. The number of thioether (sulfide) groups is 1. The van der Waals surface area contributed by atoms with Gasteiger partial charge in [-0.2, -0.15) is 0 Å². The fourth-order valence-corrected chi connectivity index (χ4v) is 5.64. The predicted molar refractivity (Wildman–Crippen MR) is 115 cm³/mol. The van der Waals surface area contributed by atoms with Gasteiger partial charge >= 0.3 is 0 Å². The van der Waals surface area contributed by atoms with Crippen molar-refractivity contribution in [2.75, 3.05) is 5.32 Å². The Morgan fingerprint density at radius 3 is 2.81 bits per heavy atom. The third-order valence-corrected chi connectivity index (χ3v) is 6.96. The van der Waals surface area contributed by atoms with E-state index in [0.717, 1.165) is 28.6 Å². The van der Waals surface area contributed by atoms with Gasteiger partial charge in [-0.1, -0.05) is 47.4 Å². The fourth-order valence-electron chi connectivity index (χ4n) is 3.14. The largest absolute Gasteiger partial charge is 0.325 e. The Balaban J connectivity index is 1.44. The second-order valence-corrected chi connectivity index (χ2v) is 9.68. The average molecular weight is 414 g/mol. The highest BCUT2D eigenvalue weighted by Crippen LogP contribution is 2.29. The van der Waals surface area contributed by atoms with E-state index in [1.165, 1.54) is 40.6 Å². The van der Waals surface area contributed by atoms with Crippen LogP contribution in [0.5, 0.6) is 0 Å². The molecule has 0 aliphatic heterocycles. The molecule has 0 bridgehead atoms. The normalized spacial score (nSPS) is 14.0. The number of aromatic nitrogens is 2. The monoisotopic (exact) mass is 413 g/mol. The van der Waals surface area contributed by atoms with Crippen molar-refractivity contribution in [3.8, 4) is 5.69 Å². The highest BCUT2D eigenvalue weighted by Gasteiger charge is 2.19. The smallest absolute Gasteiger partial charge is 0.237 e. The van der Waals surface area contributed by atoms with Gasteiger partial charge in [0.25, 0.3) is 0 Å². The molecule has 138 valence electrons. The summed E-state index contributed by atoms with van der Waals surface area (Å²) in [6.45, 7) is 1.89. The van der Waals surface area contributed by atoms with Gasteiger partial charge in [0.05, 0.1) is 10.9 Å². The quantitative estimate of drug-likeness (QED) is 0.457. The molecule has 27 heavy (non-hydrogen) atoms. The fraction of sp³-hybridized carbons (Fsp3) is 0.250. The summed E-state index contributed by atoms with van der Waals surface area (Å²) in [4.78, 5) is 12.6. The summed E-state index contributed by atoms with van der Waals surface area (Å²) in [5.74, 6) is -0.0228. The molecule has 1 amide bonds. The molecular formula is C20H19N3OS3. The SMILES string of the molecule is C[C@@H](Sc1nn(-c2ccccc2)c(=S)s1)C(=O)Nc1ccc2c(c1)CCC2. The molecule has 1 atom stereocenters. The molecule has 0 radical (unpaired) electrons. The van der Waals surface area contributed by atoms with Crippen LogP contribution in [0.4, 0.5) is 5.69 Å². The van der Waals surface area contributed by atoms with Crippen molar-refractivity contribution >= 4 is 46.9 Å². The summed E-state index contributed by atoms with van der Waals surface area (Å²) < 4.78 is 3.21. The summed E-state index contributed by atoms with van der Waals surface area (Å²) >= 11 is 8.29. The van der Waals surface area contributed by atoms with Crippen LogP contribution in [0.2, 0.25) is 0 Å². The molecule has 1 N–H and O–H groups in total. The van der Waals surface area contributed by atoms with Crippen LogP contribution in [-0.2, 0) is 17.6 Å². The van der Waals surface area contributed by atoms with Gasteiger partial charge in [-0.15, -0.1) is 5.10 Å². The van der Waals surface area contributed by atoms with Crippen LogP contribution in [0.1, 0.15) is 24.5 Å². The van der Waals surface area contributed by atoms with Gasteiger partial charge in [0, 0.05) is 5.69 Å². The lowest BCUT2D eigenvalue weighted by Crippen LogP contribution is -2.22. The second kappa shape index (κ2) is 7.96. The standard InChI is InChI=1S/C20H19N3OS3/c1-13(18(24)21-16-11-10-14-6-5-7-15(14)12-16)26-19-22-23(20(25)27-19)17-8-3-2-4-9-17/h2-4,8-13H,5-7H2,1H3,(H,21,24)/t13-/m1/s1. The van der Waals surface area contributed by atoms with Crippen LogP contribution >= 0.6 is 35.3 Å². The van der Waals surface area contributed by atoms with Crippen LogP contribution < -0.4 is 5.32 Å². The van der Waals surface area contributed by atoms with Gasteiger partial charge in [0.2, 0.25) is 5.91 Å². The maximum atomic E-state index is 12.6. The van der Waals surface area contributed by atoms with E-state index in [1.54, 1.807) is 4.68 Å². The molecule has 1 aromatic heterocycles. The Labute approximate surface area is 171 Å². The number of carbonyl (C=O) groups excluding carboxylic acids is 1. The Hall–Kier alpha value is -1.96. The number of rotatable bonds is 5. The second-order valence-electron chi connectivity index (χ2n) is 6.47. The molecule has 1 heterocycles. The van der Waals surface area contributed by atoms with Crippen molar-refractivity contribution < 1.29 is 4.79 Å². The molecule has 0 saturated heterocycles. The van der Waals surface area contributed by atoms with Crippen LogP contribution in [0.25, 0.3) is 5.69 Å². The maximum absolute atomic E-state index is 12.6. The number of para-hydroxylation sites is 1. The number of amides is 1. The molecule has 3 aromatic rings. The first-order valence-electron chi connectivity index (χ1n) is 8.85. The summed E-state index contributed by atoms with van der Waals surface area (Å²) in [5.41, 5.74) is 4.56. The van der Waals surface area contributed by atoms with Crippen LogP contribution in [0.15, 0.2) is 52.9 Å². The van der Waals surface area contributed by atoms with E-state index in [9.17, 15) is 4.79 Å². The van der Waals surface area contributed by atoms with E-state index in [2.05, 4.69) is 22.5 Å². The van der Waals surface area contributed by atoms with Gasteiger partial charge in [-0.3, -0.25) is 4.79 Å². The van der Waals surface area contributed by atoms with Gasteiger partial charge < -0.3 is 5.32 Å². The van der Waals surface area contributed by atoms with E-state index in [4.69, 9.17) is 12.2 Å². The zero-order valence-electron chi connectivity index (χ0n) is 14.8.